The third-order valence-corrected chi connectivity index (χ3v) is 3.73. The maximum absolute atomic E-state index is 5.18. The smallest absolute Gasteiger partial charge is 0.137 e. The highest BCUT2D eigenvalue weighted by Gasteiger charge is 2.07. The minimum Gasteiger partial charge on any atom is -0.497 e. The summed E-state index contributed by atoms with van der Waals surface area (Å²) in [4.78, 5) is 10.1. The first kappa shape index (κ1) is 21.0. The van der Waals surface area contributed by atoms with Gasteiger partial charge in [0.1, 0.15) is 11.6 Å². The average molecular weight is 380 g/mol. The summed E-state index contributed by atoms with van der Waals surface area (Å²) in [5.41, 5.74) is 3.47. The fourth-order valence-corrected chi connectivity index (χ4v) is 2.58. The molecule has 134 valence electrons. The van der Waals surface area contributed by atoms with Crippen LogP contribution in [0.25, 0.3) is 11.4 Å². The van der Waals surface area contributed by atoms with E-state index in [-0.39, 0.29) is 24.8 Å². The molecule has 4 nitrogen and oxygen atoms in total. The predicted octanol–water partition coefficient (Wildman–Crippen LogP) is 4.56. The van der Waals surface area contributed by atoms with Gasteiger partial charge in [-0.05, 0) is 36.9 Å². The molecule has 0 unspecified atom stereocenters. The van der Waals surface area contributed by atoms with Crippen LogP contribution in [0.4, 0.5) is 0 Å². The van der Waals surface area contributed by atoms with Gasteiger partial charge in [0.15, 0.2) is 0 Å². The molecule has 0 fully saturated rings. The molecule has 0 aliphatic rings. The molecule has 0 saturated carbocycles. The van der Waals surface area contributed by atoms with Gasteiger partial charge in [0, 0.05) is 30.5 Å². The summed E-state index contributed by atoms with van der Waals surface area (Å²) in [7, 11) is 3.78. The SMILES string of the molecule is COc1ccc(-c2ncc(CN(C)Cc3ccccc3)[nH]2)cc1.Cl.Cl. The van der Waals surface area contributed by atoms with E-state index in [0.717, 1.165) is 35.9 Å². The van der Waals surface area contributed by atoms with E-state index in [4.69, 9.17) is 4.74 Å². The van der Waals surface area contributed by atoms with Crippen LogP contribution in [0.2, 0.25) is 0 Å². The average Bonchev–Trinajstić information content (AvgIpc) is 3.04. The lowest BCUT2D eigenvalue weighted by Crippen LogP contribution is -2.17. The van der Waals surface area contributed by atoms with Crippen LogP contribution in [-0.2, 0) is 13.1 Å². The molecular formula is C19H23Cl2N3O. The fourth-order valence-electron chi connectivity index (χ4n) is 2.58. The second-order valence-corrected chi connectivity index (χ2v) is 5.64. The molecule has 1 N–H and O–H groups in total. The Morgan fingerprint density at radius 1 is 0.960 bits per heavy atom. The van der Waals surface area contributed by atoms with E-state index in [1.807, 2.05) is 36.5 Å². The van der Waals surface area contributed by atoms with Gasteiger partial charge in [0.2, 0.25) is 0 Å². The van der Waals surface area contributed by atoms with Crippen molar-refractivity contribution in [2.24, 2.45) is 0 Å². The van der Waals surface area contributed by atoms with Crippen LogP contribution in [0.5, 0.6) is 5.75 Å². The van der Waals surface area contributed by atoms with E-state index < -0.39 is 0 Å². The number of methoxy groups -OCH3 is 1. The number of rotatable bonds is 6. The number of halogens is 2. The Labute approximate surface area is 161 Å². The number of hydrogen-bond acceptors (Lipinski definition) is 3. The molecule has 3 aromatic rings. The van der Waals surface area contributed by atoms with Crippen molar-refractivity contribution in [1.82, 2.24) is 14.9 Å². The summed E-state index contributed by atoms with van der Waals surface area (Å²) < 4.78 is 5.18. The third kappa shape index (κ3) is 5.78. The highest BCUT2D eigenvalue weighted by Crippen LogP contribution is 2.20. The summed E-state index contributed by atoms with van der Waals surface area (Å²) in [6.45, 7) is 1.75. The van der Waals surface area contributed by atoms with Gasteiger partial charge < -0.3 is 9.72 Å². The number of aromatic nitrogens is 2. The van der Waals surface area contributed by atoms with Crippen molar-refractivity contribution in [3.63, 3.8) is 0 Å². The van der Waals surface area contributed by atoms with Gasteiger partial charge in [-0.25, -0.2) is 4.98 Å². The molecule has 1 heterocycles. The van der Waals surface area contributed by atoms with Crippen molar-refractivity contribution in [3.05, 3.63) is 72.1 Å². The fraction of sp³-hybridized carbons (Fsp3) is 0.211. The maximum Gasteiger partial charge on any atom is 0.137 e. The maximum atomic E-state index is 5.18. The second-order valence-electron chi connectivity index (χ2n) is 5.64. The van der Waals surface area contributed by atoms with E-state index in [1.54, 1.807) is 7.11 Å². The molecule has 6 heteroatoms. The molecule has 2 aromatic carbocycles. The number of aromatic amines is 1. The minimum atomic E-state index is 0. The van der Waals surface area contributed by atoms with Gasteiger partial charge in [0.25, 0.3) is 0 Å². The van der Waals surface area contributed by atoms with Crippen LogP contribution in [0.3, 0.4) is 0 Å². The summed E-state index contributed by atoms with van der Waals surface area (Å²) in [5, 5.41) is 0. The standard InChI is InChI=1S/C19H21N3O.2ClH/c1-22(13-15-6-4-3-5-7-15)14-17-12-20-19(21-17)16-8-10-18(23-2)11-9-16;;/h3-12H,13-14H2,1-2H3,(H,20,21);2*1H. The van der Waals surface area contributed by atoms with Crippen molar-refractivity contribution in [2.75, 3.05) is 14.2 Å². The second kappa shape index (κ2) is 10.1. The lowest BCUT2D eigenvalue weighted by molar-refractivity contribution is 0.315. The summed E-state index contributed by atoms with van der Waals surface area (Å²) in [6, 6.07) is 18.4. The number of ether oxygens (including phenoxy) is 1. The highest BCUT2D eigenvalue weighted by atomic mass is 35.5. The molecule has 25 heavy (non-hydrogen) atoms. The van der Waals surface area contributed by atoms with Crippen molar-refractivity contribution in [3.8, 4) is 17.1 Å². The lowest BCUT2D eigenvalue weighted by Gasteiger charge is -2.15. The van der Waals surface area contributed by atoms with Gasteiger partial charge in [-0.15, -0.1) is 24.8 Å². The quantitative estimate of drug-likeness (QED) is 0.682. The first-order chi connectivity index (χ1) is 11.2. The van der Waals surface area contributed by atoms with Gasteiger partial charge in [-0.1, -0.05) is 30.3 Å². The summed E-state index contributed by atoms with van der Waals surface area (Å²) in [5.74, 6) is 1.74. The van der Waals surface area contributed by atoms with Gasteiger partial charge >= 0.3 is 0 Å². The molecule has 3 rings (SSSR count). The van der Waals surface area contributed by atoms with E-state index in [0.29, 0.717) is 0 Å². The molecular weight excluding hydrogens is 357 g/mol. The predicted molar refractivity (Wildman–Crippen MR) is 107 cm³/mol. The van der Waals surface area contributed by atoms with Crippen LogP contribution >= 0.6 is 24.8 Å². The van der Waals surface area contributed by atoms with Crippen LogP contribution in [-0.4, -0.2) is 29.0 Å². The van der Waals surface area contributed by atoms with Crippen LogP contribution in [0, 0.1) is 0 Å². The molecule has 0 radical (unpaired) electrons. The summed E-state index contributed by atoms with van der Waals surface area (Å²) >= 11 is 0. The van der Waals surface area contributed by atoms with Gasteiger partial charge in [0.05, 0.1) is 7.11 Å². The molecule has 0 aliphatic carbocycles. The Hall–Kier alpha value is -2.01. The number of hydrogen-bond donors (Lipinski definition) is 1. The lowest BCUT2D eigenvalue weighted by atomic mass is 10.2. The molecule has 1 aromatic heterocycles. The van der Waals surface area contributed by atoms with Crippen LogP contribution in [0.15, 0.2) is 60.8 Å². The zero-order valence-electron chi connectivity index (χ0n) is 14.3. The van der Waals surface area contributed by atoms with E-state index >= 15 is 0 Å². The largest absolute Gasteiger partial charge is 0.497 e. The Morgan fingerprint density at radius 2 is 1.64 bits per heavy atom. The van der Waals surface area contributed by atoms with E-state index in [2.05, 4.69) is 46.2 Å². The molecule has 0 spiro atoms. The third-order valence-electron chi connectivity index (χ3n) is 3.73. The topological polar surface area (TPSA) is 41.1 Å². The Bertz CT molecular complexity index is 745. The number of nitrogens with one attached hydrogen (secondary N) is 1. The van der Waals surface area contributed by atoms with Crippen LogP contribution < -0.4 is 4.74 Å². The van der Waals surface area contributed by atoms with E-state index in [9.17, 15) is 0 Å². The number of nitrogens with zero attached hydrogens (tertiary/aromatic N) is 2. The Morgan fingerprint density at radius 3 is 2.28 bits per heavy atom. The highest BCUT2D eigenvalue weighted by molar-refractivity contribution is 5.85. The number of benzene rings is 2. The molecule has 0 atom stereocenters. The molecule has 0 aliphatic heterocycles. The Balaban J connectivity index is 0.00000156. The molecule has 0 amide bonds. The number of imidazole rings is 1. The molecule has 0 saturated heterocycles. The first-order valence-electron chi connectivity index (χ1n) is 7.65. The van der Waals surface area contributed by atoms with Gasteiger partial charge in [-0.3, -0.25) is 4.90 Å². The Kier molecular flexibility index (Phi) is 8.49. The van der Waals surface area contributed by atoms with Crippen molar-refractivity contribution in [2.45, 2.75) is 13.1 Å². The molecule has 0 bridgehead atoms. The monoisotopic (exact) mass is 379 g/mol. The van der Waals surface area contributed by atoms with Crippen molar-refractivity contribution >= 4 is 24.8 Å². The van der Waals surface area contributed by atoms with Crippen LogP contribution in [0.1, 0.15) is 11.3 Å². The van der Waals surface area contributed by atoms with Gasteiger partial charge in [-0.2, -0.15) is 0 Å². The van der Waals surface area contributed by atoms with Crippen molar-refractivity contribution in [1.29, 1.82) is 0 Å². The normalized spacial score (nSPS) is 10.0. The van der Waals surface area contributed by atoms with Crippen molar-refractivity contribution < 1.29 is 4.74 Å². The minimum absolute atomic E-state index is 0. The summed E-state index contributed by atoms with van der Waals surface area (Å²) in [6.07, 6.45) is 1.90. The van der Waals surface area contributed by atoms with E-state index in [1.165, 1.54) is 5.56 Å². The first-order valence-corrected chi connectivity index (χ1v) is 7.65. The zero-order valence-corrected chi connectivity index (χ0v) is 15.9. The zero-order chi connectivity index (χ0) is 16.1. The number of H-pyrrole nitrogens is 1.